The third kappa shape index (κ3) is 2.84. The van der Waals surface area contributed by atoms with Gasteiger partial charge < -0.3 is 5.73 Å². The van der Waals surface area contributed by atoms with E-state index in [1.165, 1.54) is 0 Å². The Hall–Kier alpha value is -1.84. The SMILES string of the molecule is CC(C)(C)Cc1cc(N)n(-c2ccncc2)n1. The van der Waals surface area contributed by atoms with Gasteiger partial charge in [-0.3, -0.25) is 4.98 Å². The first-order valence-corrected chi connectivity index (χ1v) is 5.70. The minimum atomic E-state index is 0.212. The molecule has 0 fully saturated rings. The summed E-state index contributed by atoms with van der Waals surface area (Å²) in [5.41, 5.74) is 8.15. The molecule has 2 aromatic rings. The molecule has 4 heteroatoms. The van der Waals surface area contributed by atoms with Crippen molar-refractivity contribution in [1.29, 1.82) is 0 Å². The number of nitrogen functional groups attached to an aromatic ring is 1. The second-order valence-corrected chi connectivity index (χ2v) is 5.42. The number of nitrogens with two attached hydrogens (primary N) is 1. The second-order valence-electron chi connectivity index (χ2n) is 5.42. The van der Waals surface area contributed by atoms with Crippen molar-refractivity contribution in [3.63, 3.8) is 0 Å². The van der Waals surface area contributed by atoms with Crippen LogP contribution in [0.2, 0.25) is 0 Å². The molecule has 0 radical (unpaired) electrons. The number of pyridine rings is 1. The van der Waals surface area contributed by atoms with E-state index in [0.29, 0.717) is 5.82 Å². The van der Waals surface area contributed by atoms with Crippen LogP contribution < -0.4 is 5.73 Å². The number of nitrogens with zero attached hydrogens (tertiary/aromatic N) is 3. The fraction of sp³-hybridized carbons (Fsp3) is 0.385. The van der Waals surface area contributed by atoms with E-state index in [-0.39, 0.29) is 5.41 Å². The van der Waals surface area contributed by atoms with E-state index in [1.54, 1.807) is 17.1 Å². The van der Waals surface area contributed by atoms with Gasteiger partial charge in [-0.15, -0.1) is 0 Å². The lowest BCUT2D eigenvalue weighted by atomic mass is 9.91. The van der Waals surface area contributed by atoms with Gasteiger partial charge in [-0.2, -0.15) is 5.10 Å². The van der Waals surface area contributed by atoms with Gasteiger partial charge in [0, 0.05) is 18.5 Å². The van der Waals surface area contributed by atoms with Crippen LogP contribution in [0.25, 0.3) is 5.69 Å². The molecule has 0 saturated heterocycles. The second kappa shape index (κ2) is 4.20. The van der Waals surface area contributed by atoms with E-state index in [9.17, 15) is 0 Å². The van der Waals surface area contributed by atoms with Crippen LogP contribution in [0.5, 0.6) is 0 Å². The van der Waals surface area contributed by atoms with Gasteiger partial charge in [0.25, 0.3) is 0 Å². The number of anilines is 1. The molecule has 2 rings (SSSR count). The predicted octanol–water partition coefficient (Wildman–Crippen LogP) is 2.44. The predicted molar refractivity (Wildman–Crippen MR) is 68.9 cm³/mol. The van der Waals surface area contributed by atoms with Gasteiger partial charge in [-0.1, -0.05) is 20.8 Å². The van der Waals surface area contributed by atoms with Crippen LogP contribution in [0.1, 0.15) is 26.5 Å². The fourth-order valence-electron chi connectivity index (χ4n) is 1.77. The van der Waals surface area contributed by atoms with Gasteiger partial charge in [-0.05, 0) is 24.0 Å². The first-order chi connectivity index (χ1) is 7.96. The quantitative estimate of drug-likeness (QED) is 0.862. The molecule has 0 aliphatic carbocycles. The summed E-state index contributed by atoms with van der Waals surface area (Å²) in [6, 6.07) is 5.72. The molecule has 0 atom stereocenters. The van der Waals surface area contributed by atoms with Crippen LogP contribution in [-0.4, -0.2) is 14.8 Å². The van der Waals surface area contributed by atoms with Crippen LogP contribution in [0.15, 0.2) is 30.6 Å². The highest BCUT2D eigenvalue weighted by atomic mass is 15.3. The van der Waals surface area contributed by atoms with E-state index in [2.05, 4.69) is 30.9 Å². The summed E-state index contributed by atoms with van der Waals surface area (Å²) in [7, 11) is 0. The van der Waals surface area contributed by atoms with E-state index in [4.69, 9.17) is 5.73 Å². The Morgan fingerprint density at radius 2 is 1.88 bits per heavy atom. The molecular weight excluding hydrogens is 212 g/mol. The van der Waals surface area contributed by atoms with Gasteiger partial charge in [0.05, 0.1) is 11.4 Å². The summed E-state index contributed by atoms with van der Waals surface area (Å²) in [4.78, 5) is 3.98. The largest absolute Gasteiger partial charge is 0.384 e. The zero-order valence-electron chi connectivity index (χ0n) is 10.5. The maximum Gasteiger partial charge on any atom is 0.127 e. The monoisotopic (exact) mass is 230 g/mol. The molecule has 17 heavy (non-hydrogen) atoms. The van der Waals surface area contributed by atoms with Crippen LogP contribution in [-0.2, 0) is 6.42 Å². The highest BCUT2D eigenvalue weighted by Gasteiger charge is 2.15. The van der Waals surface area contributed by atoms with Gasteiger partial charge in [0.15, 0.2) is 0 Å². The van der Waals surface area contributed by atoms with E-state index < -0.39 is 0 Å². The minimum absolute atomic E-state index is 0.212. The standard InChI is InChI=1S/C13H18N4/c1-13(2,3)9-10-8-12(14)17(16-10)11-4-6-15-7-5-11/h4-8H,9,14H2,1-3H3. The van der Waals surface area contributed by atoms with E-state index >= 15 is 0 Å². The summed E-state index contributed by atoms with van der Waals surface area (Å²) >= 11 is 0. The lowest BCUT2D eigenvalue weighted by Crippen LogP contribution is -2.10. The maximum absolute atomic E-state index is 5.97. The zero-order valence-corrected chi connectivity index (χ0v) is 10.5. The van der Waals surface area contributed by atoms with Crippen molar-refractivity contribution in [3.05, 3.63) is 36.3 Å². The number of aromatic nitrogens is 3. The first-order valence-electron chi connectivity index (χ1n) is 5.70. The molecule has 4 nitrogen and oxygen atoms in total. The summed E-state index contributed by atoms with van der Waals surface area (Å²) in [5.74, 6) is 0.662. The average Bonchev–Trinajstić information content (AvgIpc) is 2.58. The van der Waals surface area contributed by atoms with Crippen molar-refractivity contribution in [2.75, 3.05) is 5.73 Å². The molecule has 0 aliphatic heterocycles. The van der Waals surface area contributed by atoms with Crippen molar-refractivity contribution in [1.82, 2.24) is 14.8 Å². The maximum atomic E-state index is 5.97. The van der Waals surface area contributed by atoms with Crippen molar-refractivity contribution in [2.45, 2.75) is 27.2 Å². The normalized spacial score (nSPS) is 11.7. The average molecular weight is 230 g/mol. The molecule has 0 bridgehead atoms. The van der Waals surface area contributed by atoms with E-state index in [1.807, 2.05) is 18.2 Å². The Kier molecular flexibility index (Phi) is 2.88. The van der Waals surface area contributed by atoms with Crippen LogP contribution in [0.3, 0.4) is 0 Å². The Labute approximate surface area is 101 Å². The molecule has 0 spiro atoms. The molecule has 0 aliphatic rings. The van der Waals surface area contributed by atoms with E-state index in [0.717, 1.165) is 17.8 Å². The van der Waals surface area contributed by atoms with Crippen LogP contribution in [0.4, 0.5) is 5.82 Å². The summed E-state index contributed by atoms with van der Waals surface area (Å²) in [5, 5.41) is 4.53. The Balaban J connectivity index is 2.32. The van der Waals surface area contributed by atoms with Crippen molar-refractivity contribution in [2.24, 2.45) is 5.41 Å². The fourth-order valence-corrected chi connectivity index (χ4v) is 1.77. The number of hydrogen-bond donors (Lipinski definition) is 1. The summed E-state index contributed by atoms with van der Waals surface area (Å²) in [6.45, 7) is 6.57. The smallest absolute Gasteiger partial charge is 0.127 e. The lowest BCUT2D eigenvalue weighted by Gasteiger charge is -2.15. The molecule has 0 saturated carbocycles. The lowest BCUT2D eigenvalue weighted by molar-refractivity contribution is 0.405. The molecule has 0 unspecified atom stereocenters. The molecule has 0 aromatic carbocycles. The molecular formula is C13H18N4. The minimum Gasteiger partial charge on any atom is -0.384 e. The molecule has 2 heterocycles. The van der Waals surface area contributed by atoms with Gasteiger partial charge in [0.2, 0.25) is 0 Å². The van der Waals surface area contributed by atoms with Gasteiger partial charge in [-0.25, -0.2) is 4.68 Å². The summed E-state index contributed by atoms with van der Waals surface area (Å²) < 4.78 is 1.75. The van der Waals surface area contributed by atoms with Crippen LogP contribution in [0, 0.1) is 5.41 Å². The third-order valence-electron chi connectivity index (χ3n) is 2.41. The molecule has 2 N–H and O–H groups in total. The zero-order chi connectivity index (χ0) is 12.5. The third-order valence-corrected chi connectivity index (χ3v) is 2.41. The topological polar surface area (TPSA) is 56.7 Å². The number of hydrogen-bond acceptors (Lipinski definition) is 3. The highest BCUT2D eigenvalue weighted by molar-refractivity contribution is 5.42. The molecule has 0 amide bonds. The molecule has 2 aromatic heterocycles. The Morgan fingerprint density at radius 3 is 2.47 bits per heavy atom. The Morgan fingerprint density at radius 1 is 1.24 bits per heavy atom. The van der Waals surface area contributed by atoms with Gasteiger partial charge >= 0.3 is 0 Å². The van der Waals surface area contributed by atoms with Crippen molar-refractivity contribution >= 4 is 5.82 Å². The Bertz CT molecular complexity index is 494. The first kappa shape index (κ1) is 11.6. The molecule has 90 valence electrons. The number of rotatable bonds is 2. The van der Waals surface area contributed by atoms with Crippen molar-refractivity contribution in [3.8, 4) is 5.69 Å². The van der Waals surface area contributed by atoms with Crippen molar-refractivity contribution < 1.29 is 0 Å². The highest BCUT2D eigenvalue weighted by Crippen LogP contribution is 2.22. The van der Waals surface area contributed by atoms with Crippen LogP contribution >= 0.6 is 0 Å². The summed E-state index contributed by atoms with van der Waals surface area (Å²) in [6.07, 6.45) is 4.38. The van der Waals surface area contributed by atoms with Gasteiger partial charge in [0.1, 0.15) is 5.82 Å².